The summed E-state index contributed by atoms with van der Waals surface area (Å²) in [6.45, 7) is 2.11. The number of rotatable bonds is 4. The Labute approximate surface area is 167 Å². The molecule has 0 saturated heterocycles. The second-order valence-corrected chi connectivity index (χ2v) is 6.45. The van der Waals surface area contributed by atoms with Crippen LogP contribution in [0.1, 0.15) is 27.0 Å². The summed E-state index contributed by atoms with van der Waals surface area (Å²) in [4.78, 5) is 11.0. The van der Waals surface area contributed by atoms with Crippen molar-refractivity contribution >= 4 is 5.97 Å². The number of halogens is 3. The number of hydrogen-bond acceptors (Lipinski definition) is 2. The number of hydrogen-bond donors (Lipinski definition) is 2. The molecule has 0 atom stereocenters. The van der Waals surface area contributed by atoms with Crippen molar-refractivity contribution in [3.8, 4) is 11.1 Å². The molecule has 3 nitrogen and oxygen atoms in total. The molecule has 0 spiro atoms. The molecule has 152 valence electrons. The Morgan fingerprint density at radius 3 is 2.17 bits per heavy atom. The van der Waals surface area contributed by atoms with Crippen LogP contribution in [0.4, 0.5) is 13.2 Å². The second kappa shape index (κ2) is 9.89. The lowest BCUT2D eigenvalue weighted by molar-refractivity contribution is -0.137. The minimum absolute atomic E-state index is 0.337. The fourth-order valence-corrected chi connectivity index (χ4v) is 2.87. The first-order chi connectivity index (χ1) is 13.7. The molecule has 0 heterocycles. The monoisotopic (exact) mass is 401 g/mol. The average molecular weight is 401 g/mol. The summed E-state index contributed by atoms with van der Waals surface area (Å²) in [5.41, 5.74) is 2.72. The normalized spacial score (nSPS) is 10.8. The summed E-state index contributed by atoms with van der Waals surface area (Å²) in [5.74, 6) is -0.894. The van der Waals surface area contributed by atoms with Gasteiger partial charge in [-0.15, -0.1) is 0 Å². The Hall–Kier alpha value is -3.12. The number of carboxylic acids is 1. The first kappa shape index (κ1) is 22.2. The molecule has 0 aliphatic carbocycles. The molecule has 0 aliphatic rings. The largest absolute Gasteiger partial charge is 0.478 e. The van der Waals surface area contributed by atoms with Gasteiger partial charge in [-0.1, -0.05) is 60.2 Å². The van der Waals surface area contributed by atoms with Gasteiger partial charge in [-0.2, -0.15) is 13.2 Å². The predicted octanol–water partition coefficient (Wildman–Crippen LogP) is 5.79. The fraction of sp³-hybridized carbons (Fsp3) is 0.174. The third-order valence-electron chi connectivity index (χ3n) is 4.09. The standard InChI is InChI=1S/C13H10O2.C10H12F3N/c14-13(15)12-9-5-4-8-11(12)10-6-2-1-3-7-10;1-7-3-8(6-14-2)5-9(4-7)10(11,12)13/h1-9H,(H,14,15);3-5,14H,6H2,1-2H3. The number of carboxylic acid groups (broad SMARTS) is 1. The van der Waals surface area contributed by atoms with Gasteiger partial charge in [0.1, 0.15) is 0 Å². The van der Waals surface area contributed by atoms with Crippen LogP contribution in [0.25, 0.3) is 11.1 Å². The van der Waals surface area contributed by atoms with Crippen molar-refractivity contribution in [1.29, 1.82) is 0 Å². The van der Waals surface area contributed by atoms with Gasteiger partial charge in [0.15, 0.2) is 0 Å². The molecule has 3 aromatic rings. The quantitative estimate of drug-likeness (QED) is 0.582. The Balaban J connectivity index is 0.000000208. The molecule has 2 N–H and O–H groups in total. The number of aryl methyl sites for hydroxylation is 1. The topological polar surface area (TPSA) is 49.3 Å². The van der Waals surface area contributed by atoms with E-state index in [4.69, 9.17) is 5.11 Å². The highest BCUT2D eigenvalue weighted by molar-refractivity contribution is 5.95. The van der Waals surface area contributed by atoms with Gasteiger partial charge in [0.05, 0.1) is 11.1 Å². The van der Waals surface area contributed by atoms with Crippen LogP contribution in [0.5, 0.6) is 0 Å². The highest BCUT2D eigenvalue weighted by Crippen LogP contribution is 2.30. The lowest BCUT2D eigenvalue weighted by Crippen LogP contribution is -2.09. The highest BCUT2D eigenvalue weighted by Gasteiger charge is 2.30. The van der Waals surface area contributed by atoms with Gasteiger partial charge in [0.2, 0.25) is 0 Å². The maximum atomic E-state index is 12.4. The van der Waals surface area contributed by atoms with E-state index in [0.29, 0.717) is 23.2 Å². The zero-order chi connectivity index (χ0) is 21.4. The average Bonchev–Trinajstić information content (AvgIpc) is 2.68. The number of benzene rings is 3. The number of aromatic carboxylic acids is 1. The summed E-state index contributed by atoms with van der Waals surface area (Å²) < 4.78 is 37.1. The molecule has 3 aromatic carbocycles. The summed E-state index contributed by atoms with van der Waals surface area (Å²) in [6.07, 6.45) is -4.26. The van der Waals surface area contributed by atoms with Crippen LogP contribution < -0.4 is 5.32 Å². The van der Waals surface area contributed by atoms with Crippen LogP contribution in [-0.4, -0.2) is 18.1 Å². The van der Waals surface area contributed by atoms with Crippen molar-refractivity contribution in [3.05, 3.63) is 95.1 Å². The van der Waals surface area contributed by atoms with E-state index in [0.717, 1.165) is 17.2 Å². The minimum atomic E-state index is -4.26. The Morgan fingerprint density at radius 1 is 0.966 bits per heavy atom. The van der Waals surface area contributed by atoms with E-state index in [1.165, 1.54) is 6.07 Å². The van der Waals surface area contributed by atoms with Crippen molar-refractivity contribution in [2.75, 3.05) is 7.05 Å². The van der Waals surface area contributed by atoms with Crippen LogP contribution >= 0.6 is 0 Å². The molecule has 6 heteroatoms. The van der Waals surface area contributed by atoms with E-state index in [9.17, 15) is 18.0 Å². The lowest BCUT2D eigenvalue weighted by Gasteiger charge is -2.10. The summed E-state index contributed by atoms with van der Waals surface area (Å²) in [7, 11) is 1.70. The van der Waals surface area contributed by atoms with Gasteiger partial charge in [-0.25, -0.2) is 4.79 Å². The molecular weight excluding hydrogens is 379 g/mol. The van der Waals surface area contributed by atoms with Crippen molar-refractivity contribution in [3.63, 3.8) is 0 Å². The molecule has 0 aromatic heterocycles. The first-order valence-corrected chi connectivity index (χ1v) is 8.92. The molecule has 0 saturated carbocycles. The molecule has 29 heavy (non-hydrogen) atoms. The Bertz CT molecular complexity index is 954. The zero-order valence-electron chi connectivity index (χ0n) is 16.1. The van der Waals surface area contributed by atoms with Crippen LogP contribution in [0.2, 0.25) is 0 Å². The van der Waals surface area contributed by atoms with Crippen LogP contribution in [0, 0.1) is 6.92 Å². The number of carbonyl (C=O) groups is 1. The van der Waals surface area contributed by atoms with E-state index < -0.39 is 17.7 Å². The third-order valence-corrected chi connectivity index (χ3v) is 4.09. The molecule has 0 amide bonds. The van der Waals surface area contributed by atoms with E-state index in [-0.39, 0.29) is 0 Å². The Kier molecular flexibility index (Phi) is 7.56. The molecule has 0 unspecified atom stereocenters. The zero-order valence-corrected chi connectivity index (χ0v) is 16.1. The van der Waals surface area contributed by atoms with Gasteiger partial charge in [-0.3, -0.25) is 0 Å². The van der Waals surface area contributed by atoms with Gasteiger partial charge in [-0.05, 0) is 48.9 Å². The molecule has 0 radical (unpaired) electrons. The van der Waals surface area contributed by atoms with Gasteiger partial charge >= 0.3 is 12.1 Å². The third kappa shape index (κ3) is 6.47. The molecule has 0 fully saturated rings. The summed E-state index contributed by atoms with van der Waals surface area (Å²) >= 11 is 0. The van der Waals surface area contributed by atoms with Crippen molar-refractivity contribution in [1.82, 2.24) is 5.32 Å². The predicted molar refractivity (Wildman–Crippen MR) is 108 cm³/mol. The lowest BCUT2D eigenvalue weighted by atomic mass is 10.00. The van der Waals surface area contributed by atoms with Crippen LogP contribution in [0.3, 0.4) is 0 Å². The number of alkyl halides is 3. The highest BCUT2D eigenvalue weighted by atomic mass is 19.4. The Morgan fingerprint density at radius 2 is 1.59 bits per heavy atom. The maximum Gasteiger partial charge on any atom is 0.416 e. The van der Waals surface area contributed by atoms with Crippen LogP contribution in [0.15, 0.2) is 72.8 Å². The van der Waals surface area contributed by atoms with E-state index in [2.05, 4.69) is 5.32 Å². The van der Waals surface area contributed by atoms with E-state index in [1.54, 1.807) is 32.2 Å². The van der Waals surface area contributed by atoms with Crippen molar-refractivity contribution in [2.24, 2.45) is 0 Å². The number of nitrogens with one attached hydrogen (secondary N) is 1. The summed E-state index contributed by atoms with van der Waals surface area (Å²) in [5, 5.41) is 11.8. The SMILES string of the molecule is CNCc1cc(C)cc(C(F)(F)F)c1.O=C(O)c1ccccc1-c1ccccc1. The fourth-order valence-electron chi connectivity index (χ4n) is 2.87. The molecule has 3 rings (SSSR count). The molecule has 0 bridgehead atoms. The van der Waals surface area contributed by atoms with E-state index >= 15 is 0 Å². The minimum Gasteiger partial charge on any atom is -0.478 e. The second-order valence-electron chi connectivity index (χ2n) is 6.45. The molecule has 0 aliphatic heterocycles. The van der Waals surface area contributed by atoms with Gasteiger partial charge < -0.3 is 10.4 Å². The summed E-state index contributed by atoms with van der Waals surface area (Å²) in [6, 6.07) is 20.6. The van der Waals surface area contributed by atoms with Crippen molar-refractivity contribution < 1.29 is 23.1 Å². The van der Waals surface area contributed by atoms with E-state index in [1.807, 2.05) is 42.5 Å². The first-order valence-electron chi connectivity index (χ1n) is 8.92. The molecular formula is C23H22F3NO2. The van der Waals surface area contributed by atoms with Gasteiger partial charge in [0.25, 0.3) is 0 Å². The van der Waals surface area contributed by atoms with Gasteiger partial charge in [0, 0.05) is 6.54 Å². The smallest absolute Gasteiger partial charge is 0.416 e. The van der Waals surface area contributed by atoms with Crippen LogP contribution in [-0.2, 0) is 12.7 Å². The van der Waals surface area contributed by atoms with Crippen molar-refractivity contribution in [2.45, 2.75) is 19.6 Å². The maximum absolute atomic E-state index is 12.4.